The number of pyridine rings is 1. The molecule has 2 aliphatic rings. The summed E-state index contributed by atoms with van der Waals surface area (Å²) in [6.07, 6.45) is 10.0. The van der Waals surface area contributed by atoms with Crippen molar-refractivity contribution in [3.8, 4) is 11.4 Å². The van der Waals surface area contributed by atoms with Gasteiger partial charge in [-0.3, -0.25) is 14.3 Å². The number of thioether (sulfide) groups is 1. The number of carbonyl (C=O) groups excluding carboxylic acids is 1. The predicted octanol–water partition coefficient (Wildman–Crippen LogP) is 4.52. The zero-order valence-electron chi connectivity index (χ0n) is 18.3. The summed E-state index contributed by atoms with van der Waals surface area (Å²) in [5.41, 5.74) is 2.15. The molecule has 3 heterocycles. The average molecular weight is 448 g/mol. The molecule has 0 radical (unpaired) electrons. The Morgan fingerprint density at radius 2 is 1.75 bits per heavy atom. The Morgan fingerprint density at radius 3 is 2.56 bits per heavy atom. The summed E-state index contributed by atoms with van der Waals surface area (Å²) in [5, 5.41) is 9.70. The summed E-state index contributed by atoms with van der Waals surface area (Å²) in [7, 11) is 0. The quantitative estimate of drug-likeness (QED) is 0.520. The molecule has 3 aromatic rings. The van der Waals surface area contributed by atoms with Crippen LogP contribution in [0.5, 0.6) is 0 Å². The highest BCUT2D eigenvalue weighted by molar-refractivity contribution is 7.99. The van der Waals surface area contributed by atoms with Gasteiger partial charge in [-0.2, -0.15) is 0 Å². The van der Waals surface area contributed by atoms with Crippen molar-refractivity contribution in [3.05, 3.63) is 60.4 Å². The van der Waals surface area contributed by atoms with Crippen LogP contribution in [0, 0.1) is 11.8 Å². The number of rotatable bonds is 6. The van der Waals surface area contributed by atoms with E-state index in [4.69, 9.17) is 0 Å². The van der Waals surface area contributed by atoms with Gasteiger partial charge in [-0.1, -0.05) is 61.4 Å². The minimum absolute atomic E-state index is 0.221. The predicted molar refractivity (Wildman–Crippen MR) is 126 cm³/mol. The van der Waals surface area contributed by atoms with Gasteiger partial charge in [-0.25, -0.2) is 0 Å². The number of carbonyl (C=O) groups is 1. The maximum Gasteiger partial charge on any atom is 0.233 e. The number of amides is 1. The van der Waals surface area contributed by atoms with E-state index in [1.54, 1.807) is 12.4 Å². The van der Waals surface area contributed by atoms with Crippen LogP contribution in [0.4, 0.5) is 0 Å². The van der Waals surface area contributed by atoms with E-state index < -0.39 is 0 Å². The second kappa shape index (κ2) is 9.86. The molecule has 2 aromatic heterocycles. The summed E-state index contributed by atoms with van der Waals surface area (Å²) in [6.45, 7) is 2.50. The van der Waals surface area contributed by atoms with Crippen LogP contribution in [0.2, 0.25) is 0 Å². The molecule has 1 aliphatic heterocycles. The van der Waals surface area contributed by atoms with Crippen molar-refractivity contribution in [2.45, 2.75) is 43.8 Å². The molecule has 1 aromatic carbocycles. The Kier molecular flexibility index (Phi) is 6.53. The number of aromatic nitrogens is 4. The third-order valence-electron chi connectivity index (χ3n) is 6.81. The van der Waals surface area contributed by atoms with Crippen LogP contribution >= 0.6 is 11.8 Å². The van der Waals surface area contributed by atoms with Gasteiger partial charge in [-0.15, -0.1) is 10.2 Å². The van der Waals surface area contributed by atoms with Crippen molar-refractivity contribution in [1.82, 2.24) is 24.6 Å². The molecule has 1 amide bonds. The van der Waals surface area contributed by atoms with Crippen molar-refractivity contribution < 1.29 is 4.79 Å². The molecule has 1 saturated heterocycles. The van der Waals surface area contributed by atoms with Crippen LogP contribution in [0.15, 0.2) is 60.0 Å². The van der Waals surface area contributed by atoms with Crippen molar-refractivity contribution in [1.29, 1.82) is 0 Å². The summed E-state index contributed by atoms with van der Waals surface area (Å²) in [5.74, 6) is 2.96. The molecule has 32 heavy (non-hydrogen) atoms. The fourth-order valence-electron chi connectivity index (χ4n) is 5.06. The van der Waals surface area contributed by atoms with Crippen LogP contribution < -0.4 is 0 Å². The molecule has 2 atom stereocenters. The van der Waals surface area contributed by atoms with Gasteiger partial charge in [0, 0.05) is 31.0 Å². The number of nitrogens with zero attached hydrogens (tertiary/aromatic N) is 5. The summed E-state index contributed by atoms with van der Waals surface area (Å²) in [4.78, 5) is 19.2. The highest BCUT2D eigenvalue weighted by atomic mass is 32.2. The Morgan fingerprint density at radius 1 is 0.969 bits per heavy atom. The highest BCUT2D eigenvalue weighted by Gasteiger charge is 2.33. The minimum Gasteiger partial charge on any atom is -0.342 e. The summed E-state index contributed by atoms with van der Waals surface area (Å²) < 4.78 is 2.11. The van der Waals surface area contributed by atoms with Crippen LogP contribution in [0.1, 0.15) is 37.7 Å². The molecule has 0 unspecified atom stereocenters. The molecule has 0 bridgehead atoms. The van der Waals surface area contributed by atoms with Crippen molar-refractivity contribution in [2.24, 2.45) is 11.8 Å². The number of hydrogen-bond acceptors (Lipinski definition) is 5. The molecule has 7 heteroatoms. The maximum absolute atomic E-state index is 13.0. The highest BCUT2D eigenvalue weighted by Crippen LogP contribution is 2.36. The molecule has 1 aliphatic carbocycles. The molecule has 6 nitrogen and oxygen atoms in total. The first-order chi connectivity index (χ1) is 15.8. The average Bonchev–Trinajstić information content (AvgIpc) is 3.25. The fraction of sp³-hybridized carbons (Fsp3) is 0.440. The van der Waals surface area contributed by atoms with Crippen LogP contribution in [-0.4, -0.2) is 49.4 Å². The lowest BCUT2D eigenvalue weighted by atomic mass is 9.75. The van der Waals surface area contributed by atoms with E-state index in [2.05, 4.69) is 36.8 Å². The van der Waals surface area contributed by atoms with Crippen molar-refractivity contribution in [3.63, 3.8) is 0 Å². The molecule has 5 rings (SSSR count). The molecule has 2 fully saturated rings. The topological polar surface area (TPSA) is 63.9 Å². The monoisotopic (exact) mass is 447 g/mol. The molecule has 166 valence electrons. The number of likely N-dealkylation sites (tertiary alicyclic amines) is 1. The van der Waals surface area contributed by atoms with E-state index in [0.717, 1.165) is 42.0 Å². The van der Waals surface area contributed by atoms with E-state index in [9.17, 15) is 4.79 Å². The van der Waals surface area contributed by atoms with Crippen LogP contribution in [0.3, 0.4) is 0 Å². The summed E-state index contributed by atoms with van der Waals surface area (Å²) in [6, 6.07) is 14.2. The van der Waals surface area contributed by atoms with Gasteiger partial charge in [0.05, 0.1) is 12.3 Å². The SMILES string of the molecule is O=C(CSc1nnc(-c2ccncc2)n1Cc1ccccc1)N1CC[C@H]2CCCC[C@H]2C1. The van der Waals surface area contributed by atoms with E-state index in [1.165, 1.54) is 43.0 Å². The third-order valence-corrected chi connectivity index (χ3v) is 7.76. The van der Waals surface area contributed by atoms with E-state index in [-0.39, 0.29) is 5.91 Å². The van der Waals surface area contributed by atoms with Crippen LogP contribution in [0.25, 0.3) is 11.4 Å². The maximum atomic E-state index is 13.0. The second-order valence-corrected chi connectivity index (χ2v) is 9.78. The number of benzene rings is 1. The summed E-state index contributed by atoms with van der Waals surface area (Å²) >= 11 is 1.50. The van der Waals surface area contributed by atoms with Gasteiger partial charge in [-0.05, 0) is 42.4 Å². The Labute approximate surface area is 193 Å². The van der Waals surface area contributed by atoms with E-state index in [0.29, 0.717) is 18.2 Å². The van der Waals surface area contributed by atoms with Gasteiger partial charge < -0.3 is 4.90 Å². The minimum atomic E-state index is 0.221. The lowest BCUT2D eigenvalue weighted by Crippen LogP contribution is -2.45. The smallest absolute Gasteiger partial charge is 0.233 e. The first-order valence-electron chi connectivity index (χ1n) is 11.6. The molecular weight excluding hydrogens is 418 g/mol. The normalized spacial score (nSPS) is 20.7. The van der Waals surface area contributed by atoms with Gasteiger partial charge in [0.15, 0.2) is 11.0 Å². The zero-order valence-corrected chi connectivity index (χ0v) is 19.1. The number of piperidine rings is 1. The molecule has 1 saturated carbocycles. The Bertz CT molecular complexity index is 1040. The first kappa shape index (κ1) is 21.2. The number of hydrogen-bond donors (Lipinski definition) is 0. The van der Waals surface area contributed by atoms with Gasteiger partial charge >= 0.3 is 0 Å². The second-order valence-electron chi connectivity index (χ2n) is 8.84. The molecule has 0 N–H and O–H groups in total. The van der Waals surface area contributed by atoms with Crippen LogP contribution in [-0.2, 0) is 11.3 Å². The van der Waals surface area contributed by atoms with Crippen molar-refractivity contribution >= 4 is 17.7 Å². The molecule has 0 spiro atoms. The van der Waals surface area contributed by atoms with Gasteiger partial charge in [0.1, 0.15) is 0 Å². The van der Waals surface area contributed by atoms with E-state index in [1.807, 2.05) is 30.3 Å². The largest absolute Gasteiger partial charge is 0.342 e. The standard InChI is InChI=1S/C25H29N5OS/c31-23(29-15-12-20-8-4-5-9-22(20)17-29)18-32-25-28-27-24(21-10-13-26-14-11-21)30(25)16-19-6-2-1-3-7-19/h1-3,6-7,10-11,13-14,20,22H,4-5,8-9,12,15-18H2/t20-,22+/m1/s1. The van der Waals surface area contributed by atoms with E-state index >= 15 is 0 Å². The van der Waals surface area contributed by atoms with Crippen molar-refractivity contribution in [2.75, 3.05) is 18.8 Å². The number of fused-ring (bicyclic) bond motifs is 1. The zero-order chi connectivity index (χ0) is 21.8. The Hall–Kier alpha value is -2.67. The molecular formula is C25H29N5OS. The van der Waals surface area contributed by atoms with Gasteiger partial charge in [0.25, 0.3) is 0 Å². The fourth-order valence-corrected chi connectivity index (χ4v) is 5.90. The van der Waals surface area contributed by atoms with Gasteiger partial charge in [0.2, 0.25) is 5.91 Å². The lowest BCUT2D eigenvalue weighted by Gasteiger charge is -2.41. The third kappa shape index (κ3) is 4.72. The Balaban J connectivity index is 1.31. The lowest BCUT2D eigenvalue weighted by molar-refractivity contribution is -0.131. The first-order valence-corrected chi connectivity index (χ1v) is 12.5.